The summed E-state index contributed by atoms with van der Waals surface area (Å²) in [5, 5.41) is 3.07. The van der Waals surface area contributed by atoms with Crippen LogP contribution in [0, 0.1) is 6.92 Å². The molecular weight excluding hydrogens is 312 g/mol. The van der Waals surface area contributed by atoms with Crippen molar-refractivity contribution in [1.82, 2.24) is 4.90 Å². The van der Waals surface area contributed by atoms with Crippen LogP contribution < -0.4 is 5.32 Å². The number of hydrogen-bond donors (Lipinski definition) is 1. The molecule has 2 rings (SSSR count). The van der Waals surface area contributed by atoms with E-state index in [4.69, 9.17) is 0 Å². The van der Waals surface area contributed by atoms with Crippen LogP contribution in [-0.2, 0) is 9.59 Å². The summed E-state index contributed by atoms with van der Waals surface area (Å²) in [6.07, 6.45) is 6.77. The number of carbonyl (C=O) groups is 2. The number of amides is 2. The first-order valence-corrected chi connectivity index (χ1v) is 9.56. The number of rotatable bonds is 5. The lowest BCUT2D eigenvalue weighted by atomic mass is 9.98. The molecule has 0 saturated heterocycles. The molecule has 0 radical (unpaired) electrons. The molecule has 1 aliphatic rings. The average molecular weight is 344 g/mol. The first-order valence-electron chi connectivity index (χ1n) is 9.56. The van der Waals surface area contributed by atoms with Crippen LogP contribution in [0.5, 0.6) is 0 Å². The first kappa shape index (κ1) is 19.5. The van der Waals surface area contributed by atoms with Gasteiger partial charge < -0.3 is 10.2 Å². The molecule has 1 N–H and O–H groups in total. The van der Waals surface area contributed by atoms with Crippen molar-refractivity contribution in [2.45, 2.75) is 78.2 Å². The summed E-state index contributed by atoms with van der Waals surface area (Å²) < 4.78 is 0. The minimum Gasteiger partial charge on any atom is -0.331 e. The molecular formula is C21H32N2O2. The lowest BCUT2D eigenvalue weighted by Crippen LogP contribution is -2.43. The second-order valence-corrected chi connectivity index (χ2v) is 7.53. The van der Waals surface area contributed by atoms with Crippen molar-refractivity contribution in [2.24, 2.45) is 0 Å². The predicted molar refractivity (Wildman–Crippen MR) is 103 cm³/mol. The van der Waals surface area contributed by atoms with E-state index in [1.165, 1.54) is 12.8 Å². The Hall–Kier alpha value is -1.84. The van der Waals surface area contributed by atoms with Crippen LogP contribution in [0.3, 0.4) is 0 Å². The largest absolute Gasteiger partial charge is 0.331 e. The van der Waals surface area contributed by atoms with Gasteiger partial charge >= 0.3 is 0 Å². The summed E-state index contributed by atoms with van der Waals surface area (Å²) in [6, 6.07) is 6.29. The molecule has 138 valence electrons. The quantitative estimate of drug-likeness (QED) is 0.792. The maximum atomic E-state index is 12.7. The third-order valence-corrected chi connectivity index (χ3v) is 5.18. The SMILES string of the molecule is CC(=O)N(CC(=O)Nc1c(C)cccc1C(C)C)C1CCCCCC1. The number of aryl methyl sites for hydroxylation is 1. The summed E-state index contributed by atoms with van der Waals surface area (Å²) >= 11 is 0. The zero-order valence-electron chi connectivity index (χ0n) is 16.1. The molecule has 1 aromatic rings. The third-order valence-electron chi connectivity index (χ3n) is 5.18. The number of nitrogens with one attached hydrogen (secondary N) is 1. The van der Waals surface area contributed by atoms with Gasteiger partial charge in [-0.2, -0.15) is 0 Å². The first-order chi connectivity index (χ1) is 11.9. The standard InChI is InChI=1S/C21H32N2O2/c1-15(2)19-13-9-10-16(3)21(19)22-20(25)14-23(17(4)24)18-11-7-5-6-8-12-18/h9-10,13,15,18H,5-8,11-12,14H2,1-4H3,(H,22,25). The van der Waals surface area contributed by atoms with Gasteiger partial charge in [-0.1, -0.05) is 57.7 Å². The Balaban J connectivity index is 2.10. The fourth-order valence-corrected chi connectivity index (χ4v) is 3.74. The Bertz CT molecular complexity index is 602. The molecule has 2 amide bonds. The summed E-state index contributed by atoms with van der Waals surface area (Å²) in [7, 11) is 0. The molecule has 0 aromatic heterocycles. The Labute approximate surface area is 152 Å². The highest BCUT2D eigenvalue weighted by molar-refractivity contribution is 5.95. The third kappa shape index (κ3) is 5.32. The minimum absolute atomic E-state index is 0.00378. The van der Waals surface area contributed by atoms with Gasteiger partial charge in [-0.25, -0.2) is 0 Å². The van der Waals surface area contributed by atoms with Crippen molar-refractivity contribution in [2.75, 3.05) is 11.9 Å². The van der Waals surface area contributed by atoms with Crippen molar-refractivity contribution < 1.29 is 9.59 Å². The van der Waals surface area contributed by atoms with Crippen molar-refractivity contribution in [3.05, 3.63) is 29.3 Å². The number of carbonyl (C=O) groups excluding carboxylic acids is 2. The lowest BCUT2D eigenvalue weighted by molar-refractivity contribution is -0.135. The molecule has 1 aliphatic carbocycles. The van der Waals surface area contributed by atoms with Crippen LogP contribution in [0.15, 0.2) is 18.2 Å². The highest BCUT2D eigenvalue weighted by Gasteiger charge is 2.25. The van der Waals surface area contributed by atoms with Gasteiger partial charge in [0.15, 0.2) is 0 Å². The van der Waals surface area contributed by atoms with Crippen molar-refractivity contribution in [3.63, 3.8) is 0 Å². The molecule has 0 bridgehead atoms. The Morgan fingerprint density at radius 3 is 2.36 bits per heavy atom. The molecule has 0 heterocycles. The summed E-state index contributed by atoms with van der Waals surface area (Å²) in [5.41, 5.74) is 3.09. The van der Waals surface area contributed by atoms with E-state index in [0.29, 0.717) is 5.92 Å². The van der Waals surface area contributed by atoms with Gasteiger partial charge in [0, 0.05) is 18.7 Å². The fraction of sp³-hybridized carbons (Fsp3) is 0.619. The number of hydrogen-bond acceptors (Lipinski definition) is 2. The molecule has 0 aliphatic heterocycles. The maximum absolute atomic E-state index is 12.7. The van der Waals surface area contributed by atoms with Gasteiger partial charge in [-0.15, -0.1) is 0 Å². The maximum Gasteiger partial charge on any atom is 0.244 e. The Morgan fingerprint density at radius 2 is 1.80 bits per heavy atom. The van der Waals surface area contributed by atoms with Gasteiger partial charge in [-0.05, 0) is 36.8 Å². The van der Waals surface area contributed by atoms with Crippen LogP contribution >= 0.6 is 0 Å². The van der Waals surface area contributed by atoms with E-state index in [1.54, 1.807) is 11.8 Å². The zero-order valence-corrected chi connectivity index (χ0v) is 16.1. The monoisotopic (exact) mass is 344 g/mol. The van der Waals surface area contributed by atoms with Crippen LogP contribution in [0.25, 0.3) is 0 Å². The van der Waals surface area contributed by atoms with Crippen LogP contribution in [0.4, 0.5) is 5.69 Å². The Morgan fingerprint density at radius 1 is 1.16 bits per heavy atom. The fourth-order valence-electron chi connectivity index (χ4n) is 3.74. The average Bonchev–Trinajstić information content (AvgIpc) is 2.83. The Kier molecular flexibility index (Phi) is 7.03. The van der Waals surface area contributed by atoms with Crippen LogP contribution in [-0.4, -0.2) is 29.3 Å². The number of anilines is 1. The van der Waals surface area contributed by atoms with E-state index in [0.717, 1.165) is 42.5 Å². The normalized spacial score (nSPS) is 15.7. The molecule has 0 unspecified atom stereocenters. The van der Waals surface area contributed by atoms with Gasteiger partial charge in [0.25, 0.3) is 0 Å². The molecule has 1 aromatic carbocycles. The molecule has 25 heavy (non-hydrogen) atoms. The highest BCUT2D eigenvalue weighted by Crippen LogP contribution is 2.28. The number of para-hydroxylation sites is 1. The van der Waals surface area contributed by atoms with E-state index in [9.17, 15) is 9.59 Å². The summed E-state index contributed by atoms with van der Waals surface area (Å²) in [6.45, 7) is 7.97. The van der Waals surface area contributed by atoms with Crippen molar-refractivity contribution >= 4 is 17.5 Å². The van der Waals surface area contributed by atoms with Crippen LogP contribution in [0.1, 0.15) is 76.3 Å². The van der Waals surface area contributed by atoms with E-state index in [-0.39, 0.29) is 24.4 Å². The van der Waals surface area contributed by atoms with Gasteiger partial charge in [0.05, 0.1) is 0 Å². The van der Waals surface area contributed by atoms with Gasteiger partial charge in [0.1, 0.15) is 6.54 Å². The summed E-state index contributed by atoms with van der Waals surface area (Å²) in [4.78, 5) is 26.6. The highest BCUT2D eigenvalue weighted by atomic mass is 16.2. The molecule has 1 fully saturated rings. The molecule has 1 saturated carbocycles. The lowest BCUT2D eigenvalue weighted by Gasteiger charge is -2.30. The van der Waals surface area contributed by atoms with Crippen molar-refractivity contribution in [1.29, 1.82) is 0 Å². The van der Waals surface area contributed by atoms with Gasteiger partial charge in [0.2, 0.25) is 11.8 Å². The number of benzene rings is 1. The molecule has 4 nitrogen and oxygen atoms in total. The number of nitrogens with zero attached hydrogens (tertiary/aromatic N) is 1. The minimum atomic E-state index is -0.101. The second kappa shape index (κ2) is 9.02. The molecule has 4 heteroatoms. The predicted octanol–water partition coefficient (Wildman–Crippen LogP) is 4.63. The van der Waals surface area contributed by atoms with E-state index >= 15 is 0 Å². The van der Waals surface area contributed by atoms with Gasteiger partial charge in [-0.3, -0.25) is 9.59 Å². The van der Waals surface area contributed by atoms with E-state index < -0.39 is 0 Å². The molecule has 0 atom stereocenters. The second-order valence-electron chi connectivity index (χ2n) is 7.53. The zero-order chi connectivity index (χ0) is 18.4. The van der Waals surface area contributed by atoms with E-state index in [1.807, 2.05) is 19.1 Å². The van der Waals surface area contributed by atoms with Crippen molar-refractivity contribution in [3.8, 4) is 0 Å². The smallest absolute Gasteiger partial charge is 0.244 e. The van der Waals surface area contributed by atoms with Crippen LogP contribution in [0.2, 0.25) is 0 Å². The van der Waals surface area contributed by atoms with E-state index in [2.05, 4.69) is 25.2 Å². The summed E-state index contributed by atoms with van der Waals surface area (Å²) in [5.74, 6) is 0.229. The molecule has 0 spiro atoms. The topological polar surface area (TPSA) is 49.4 Å².